The van der Waals surface area contributed by atoms with Gasteiger partial charge >= 0.3 is 5.97 Å². The molecule has 0 aromatic carbocycles. The molecule has 0 saturated carbocycles. The van der Waals surface area contributed by atoms with Crippen molar-refractivity contribution < 1.29 is 14.4 Å². The number of halogens is 1. The lowest BCUT2D eigenvalue weighted by Crippen LogP contribution is -3.18. The summed E-state index contributed by atoms with van der Waals surface area (Å²) in [6.45, 7) is 5.10. The van der Waals surface area contributed by atoms with Crippen molar-refractivity contribution in [2.45, 2.75) is 56.9 Å². The van der Waals surface area contributed by atoms with Gasteiger partial charge in [-0.25, -0.2) is 0 Å². The van der Waals surface area contributed by atoms with E-state index >= 15 is 0 Å². The Morgan fingerprint density at radius 3 is 2.89 bits per heavy atom. The molecule has 3 nitrogen and oxygen atoms in total. The van der Waals surface area contributed by atoms with Crippen LogP contribution in [0.25, 0.3) is 0 Å². The highest BCUT2D eigenvalue weighted by molar-refractivity contribution is 6.29. The zero-order chi connectivity index (χ0) is 13.0. The van der Waals surface area contributed by atoms with E-state index in [9.17, 15) is 4.79 Å². The van der Waals surface area contributed by atoms with Crippen molar-refractivity contribution in [1.29, 1.82) is 0 Å². The van der Waals surface area contributed by atoms with Gasteiger partial charge < -0.3 is 9.64 Å². The SMILES string of the molecule is CC[C@H](Cl)C(=O)OC[C@@H]1CCC[NH+]2CCCC[C@H]12. The van der Waals surface area contributed by atoms with Crippen LogP contribution in [0.15, 0.2) is 0 Å². The second-order valence-electron chi connectivity index (χ2n) is 5.67. The smallest absolute Gasteiger partial charge is 0.324 e. The van der Waals surface area contributed by atoms with E-state index in [-0.39, 0.29) is 5.97 Å². The van der Waals surface area contributed by atoms with Gasteiger partial charge in [0, 0.05) is 5.92 Å². The molecule has 2 saturated heterocycles. The van der Waals surface area contributed by atoms with E-state index in [4.69, 9.17) is 16.3 Å². The third-order valence-corrected chi connectivity index (χ3v) is 4.97. The van der Waals surface area contributed by atoms with Gasteiger partial charge in [-0.1, -0.05) is 6.92 Å². The minimum absolute atomic E-state index is 0.234. The first-order valence-corrected chi connectivity index (χ1v) is 7.81. The molecule has 4 heteroatoms. The van der Waals surface area contributed by atoms with Crippen LogP contribution in [-0.2, 0) is 9.53 Å². The van der Waals surface area contributed by atoms with Crippen LogP contribution in [0.2, 0.25) is 0 Å². The van der Waals surface area contributed by atoms with Crippen LogP contribution in [0.5, 0.6) is 0 Å². The molecule has 2 aliphatic heterocycles. The number of rotatable bonds is 4. The Kier molecular flexibility index (Phi) is 5.31. The molecular formula is C14H25ClNO2+. The fraction of sp³-hybridized carbons (Fsp3) is 0.929. The lowest BCUT2D eigenvalue weighted by molar-refractivity contribution is -0.940. The average molecular weight is 275 g/mol. The molecular weight excluding hydrogens is 250 g/mol. The maximum Gasteiger partial charge on any atom is 0.324 e. The fourth-order valence-corrected chi connectivity index (χ4v) is 3.49. The summed E-state index contributed by atoms with van der Waals surface area (Å²) in [6.07, 6.45) is 7.12. The van der Waals surface area contributed by atoms with Crippen molar-refractivity contribution in [2.75, 3.05) is 19.7 Å². The van der Waals surface area contributed by atoms with Crippen molar-refractivity contribution in [1.82, 2.24) is 0 Å². The maximum absolute atomic E-state index is 11.6. The van der Waals surface area contributed by atoms with Gasteiger partial charge in [-0.05, 0) is 38.5 Å². The van der Waals surface area contributed by atoms with E-state index in [1.54, 1.807) is 4.90 Å². The Balaban J connectivity index is 1.82. The van der Waals surface area contributed by atoms with Gasteiger partial charge in [-0.2, -0.15) is 0 Å². The molecule has 18 heavy (non-hydrogen) atoms. The zero-order valence-electron chi connectivity index (χ0n) is 11.3. The maximum atomic E-state index is 11.6. The van der Waals surface area contributed by atoms with Crippen molar-refractivity contribution in [2.24, 2.45) is 5.92 Å². The molecule has 104 valence electrons. The van der Waals surface area contributed by atoms with Crippen LogP contribution < -0.4 is 4.90 Å². The molecule has 0 spiro atoms. The number of piperidine rings is 2. The predicted octanol–water partition coefficient (Wildman–Crippen LogP) is 1.39. The highest BCUT2D eigenvalue weighted by Gasteiger charge is 2.37. The number of fused-ring (bicyclic) bond motifs is 1. The summed E-state index contributed by atoms with van der Waals surface area (Å²) in [7, 11) is 0. The van der Waals surface area contributed by atoms with Gasteiger partial charge in [0.05, 0.1) is 25.7 Å². The molecule has 2 heterocycles. The number of esters is 1. The topological polar surface area (TPSA) is 30.7 Å². The van der Waals surface area contributed by atoms with Gasteiger partial charge in [-0.3, -0.25) is 4.79 Å². The number of alkyl halides is 1. The van der Waals surface area contributed by atoms with Gasteiger partial charge in [0.1, 0.15) is 5.38 Å². The summed E-state index contributed by atoms with van der Waals surface area (Å²) in [5.74, 6) is 0.320. The van der Waals surface area contributed by atoms with Crippen LogP contribution >= 0.6 is 11.6 Å². The Morgan fingerprint density at radius 2 is 2.11 bits per heavy atom. The van der Waals surface area contributed by atoms with Crippen molar-refractivity contribution in [3.63, 3.8) is 0 Å². The zero-order valence-corrected chi connectivity index (χ0v) is 12.0. The molecule has 0 bridgehead atoms. The molecule has 1 unspecified atom stereocenters. The van der Waals surface area contributed by atoms with E-state index in [1.165, 1.54) is 45.2 Å². The molecule has 2 aliphatic rings. The van der Waals surface area contributed by atoms with Gasteiger partial charge in [-0.15, -0.1) is 11.6 Å². The van der Waals surface area contributed by atoms with Crippen LogP contribution in [0.4, 0.5) is 0 Å². The summed E-state index contributed by atoms with van der Waals surface area (Å²) in [5.41, 5.74) is 0. The Bertz CT molecular complexity index is 283. The molecule has 2 rings (SSSR count). The predicted molar refractivity (Wildman–Crippen MR) is 72.0 cm³/mol. The molecule has 4 atom stereocenters. The first kappa shape index (κ1) is 14.1. The summed E-state index contributed by atoms with van der Waals surface area (Å²) in [6, 6.07) is 0.718. The normalized spacial score (nSPS) is 33.6. The third-order valence-electron chi connectivity index (χ3n) is 4.48. The third kappa shape index (κ3) is 3.39. The van der Waals surface area contributed by atoms with Gasteiger partial charge in [0.2, 0.25) is 0 Å². The van der Waals surface area contributed by atoms with Crippen LogP contribution in [-0.4, -0.2) is 37.1 Å². The molecule has 0 radical (unpaired) electrons. The number of hydrogen-bond donors (Lipinski definition) is 1. The minimum Gasteiger partial charge on any atom is -0.464 e. The fourth-order valence-electron chi connectivity index (χ4n) is 3.42. The van der Waals surface area contributed by atoms with E-state index in [0.717, 1.165) is 6.04 Å². The summed E-state index contributed by atoms with van der Waals surface area (Å²) in [4.78, 5) is 13.4. The van der Waals surface area contributed by atoms with E-state index in [1.807, 2.05) is 6.92 Å². The quantitative estimate of drug-likeness (QED) is 0.621. The van der Waals surface area contributed by atoms with Crippen molar-refractivity contribution in [3.8, 4) is 0 Å². The van der Waals surface area contributed by atoms with E-state index in [2.05, 4.69) is 0 Å². The molecule has 0 amide bonds. The standard InChI is InChI=1S/C14H24ClNO2/c1-2-12(15)14(17)18-10-11-6-5-9-16-8-4-3-7-13(11)16/h11-13H,2-10H2,1H3/p+1/t11-,12-,13+/m0/s1. The molecule has 2 fully saturated rings. The number of nitrogens with one attached hydrogen (secondary N) is 1. The first-order valence-electron chi connectivity index (χ1n) is 7.37. The van der Waals surface area contributed by atoms with Crippen LogP contribution in [0.1, 0.15) is 45.4 Å². The van der Waals surface area contributed by atoms with Crippen LogP contribution in [0.3, 0.4) is 0 Å². The molecule has 0 aliphatic carbocycles. The average Bonchev–Trinajstić information content (AvgIpc) is 2.43. The molecule has 0 aromatic heterocycles. The number of hydrogen-bond acceptors (Lipinski definition) is 2. The first-order chi connectivity index (χ1) is 8.72. The highest BCUT2D eigenvalue weighted by atomic mass is 35.5. The number of ether oxygens (including phenoxy) is 1. The van der Waals surface area contributed by atoms with E-state index in [0.29, 0.717) is 18.9 Å². The lowest BCUT2D eigenvalue weighted by atomic mass is 9.84. The summed E-state index contributed by atoms with van der Waals surface area (Å²) < 4.78 is 5.40. The monoisotopic (exact) mass is 274 g/mol. The largest absolute Gasteiger partial charge is 0.464 e. The molecule has 0 aromatic rings. The summed E-state index contributed by atoms with van der Waals surface area (Å²) in [5, 5.41) is -0.469. The minimum atomic E-state index is -0.469. The second-order valence-corrected chi connectivity index (χ2v) is 6.20. The Labute approximate surface area is 115 Å². The van der Waals surface area contributed by atoms with Gasteiger partial charge in [0.15, 0.2) is 0 Å². The van der Waals surface area contributed by atoms with Crippen molar-refractivity contribution >= 4 is 17.6 Å². The number of carbonyl (C=O) groups excluding carboxylic acids is 1. The Hall–Kier alpha value is -0.280. The summed E-state index contributed by atoms with van der Waals surface area (Å²) >= 11 is 5.89. The molecule has 1 N–H and O–H groups in total. The van der Waals surface area contributed by atoms with Gasteiger partial charge in [0.25, 0.3) is 0 Å². The number of quaternary nitrogens is 1. The van der Waals surface area contributed by atoms with Crippen LogP contribution in [0, 0.1) is 5.92 Å². The Morgan fingerprint density at radius 1 is 1.33 bits per heavy atom. The lowest BCUT2D eigenvalue weighted by Gasteiger charge is -2.41. The highest BCUT2D eigenvalue weighted by Crippen LogP contribution is 2.21. The second kappa shape index (κ2) is 6.76. The van der Waals surface area contributed by atoms with Crippen molar-refractivity contribution in [3.05, 3.63) is 0 Å². The van der Waals surface area contributed by atoms with E-state index < -0.39 is 5.38 Å². The number of carbonyl (C=O) groups is 1.